The molecule has 0 spiro atoms. The maximum Gasteiger partial charge on any atom is 0.298 e. The molecule has 0 saturated carbocycles. The number of aliphatic hydroxyl groups excluding tert-OH is 1. The minimum atomic E-state index is 0.0753. The Morgan fingerprint density at radius 2 is 1.87 bits per heavy atom. The Hall–Kier alpha value is -0.740. The van der Waals surface area contributed by atoms with Crippen LogP contribution in [0.15, 0.2) is 40.5 Å². The van der Waals surface area contributed by atoms with E-state index in [9.17, 15) is 5.11 Å². The Labute approximate surface area is 97.7 Å². The molecule has 1 aromatic rings. The molecule has 1 aromatic carbocycles. The topological polar surface area (TPSA) is 29.5 Å². The highest BCUT2D eigenvalue weighted by Crippen LogP contribution is 2.38. The summed E-state index contributed by atoms with van der Waals surface area (Å²) in [5, 5.41) is 9.63. The molecule has 0 bridgehead atoms. The zero-order valence-electron chi connectivity index (χ0n) is 8.18. The molecule has 2 rings (SSSR count). The maximum absolute atomic E-state index is 9.63. The van der Waals surface area contributed by atoms with Crippen LogP contribution in [-0.4, -0.2) is 16.6 Å². The van der Waals surface area contributed by atoms with Crippen LogP contribution in [0.25, 0.3) is 0 Å². The van der Waals surface area contributed by atoms with Crippen molar-refractivity contribution in [2.45, 2.75) is 6.61 Å². The van der Waals surface area contributed by atoms with Gasteiger partial charge in [0, 0.05) is 11.5 Å². The number of thioether (sulfide) groups is 2. The second-order valence-electron chi connectivity index (χ2n) is 3.06. The highest BCUT2D eigenvalue weighted by atomic mass is 32.2. The molecular formula is C11H12O2S2. The first-order valence-electron chi connectivity index (χ1n) is 4.72. The zero-order valence-corrected chi connectivity index (χ0v) is 9.81. The summed E-state index contributed by atoms with van der Waals surface area (Å²) in [4.78, 5) is 0. The molecule has 0 amide bonds. The fraction of sp³-hybridized carbons (Fsp3) is 0.273. The molecule has 1 aliphatic heterocycles. The maximum atomic E-state index is 9.63. The van der Waals surface area contributed by atoms with Gasteiger partial charge in [0.15, 0.2) is 0 Å². The van der Waals surface area contributed by atoms with Crippen LogP contribution < -0.4 is 0 Å². The fourth-order valence-electron chi connectivity index (χ4n) is 1.22. The Bertz CT molecular complexity index is 341. The van der Waals surface area contributed by atoms with Gasteiger partial charge in [0.25, 0.3) is 5.95 Å². The lowest BCUT2D eigenvalue weighted by atomic mass is 10.2. The molecule has 4 heteroatoms. The van der Waals surface area contributed by atoms with Crippen molar-refractivity contribution in [1.82, 2.24) is 0 Å². The number of ether oxygens (including phenoxy) is 1. The Balaban J connectivity index is 1.90. The first kappa shape index (κ1) is 10.8. The number of rotatable bonds is 3. The minimum Gasteiger partial charge on any atom is -0.480 e. The first-order chi connectivity index (χ1) is 7.36. The van der Waals surface area contributed by atoms with Crippen LogP contribution in [0.2, 0.25) is 0 Å². The molecule has 0 atom stereocenters. The monoisotopic (exact) mass is 240 g/mol. The summed E-state index contributed by atoms with van der Waals surface area (Å²) < 4.78 is 6.21. The normalized spacial score (nSPS) is 15.3. The number of aliphatic hydroxyl groups is 1. The average Bonchev–Trinajstić information content (AvgIpc) is 2.81. The van der Waals surface area contributed by atoms with E-state index in [1.54, 1.807) is 23.5 Å². The molecule has 2 nitrogen and oxygen atoms in total. The minimum absolute atomic E-state index is 0.0753. The van der Waals surface area contributed by atoms with Crippen molar-refractivity contribution in [3.05, 3.63) is 46.1 Å². The second-order valence-corrected chi connectivity index (χ2v) is 5.53. The molecule has 0 aromatic heterocycles. The van der Waals surface area contributed by atoms with Crippen LogP contribution in [0.3, 0.4) is 0 Å². The van der Waals surface area contributed by atoms with Gasteiger partial charge in [-0.1, -0.05) is 30.3 Å². The van der Waals surface area contributed by atoms with Crippen LogP contribution in [0, 0.1) is 0 Å². The van der Waals surface area contributed by atoms with Crippen LogP contribution in [0.5, 0.6) is 0 Å². The van der Waals surface area contributed by atoms with E-state index < -0.39 is 0 Å². The van der Waals surface area contributed by atoms with E-state index in [4.69, 9.17) is 4.74 Å². The summed E-state index contributed by atoms with van der Waals surface area (Å²) in [7, 11) is 0. The number of benzene rings is 1. The molecule has 1 fully saturated rings. The summed E-state index contributed by atoms with van der Waals surface area (Å²) in [5.41, 5.74) is 1.07. The zero-order chi connectivity index (χ0) is 10.5. The number of hydrogen-bond donors (Lipinski definition) is 1. The Kier molecular flexibility index (Phi) is 3.86. The van der Waals surface area contributed by atoms with Gasteiger partial charge in [-0.05, 0) is 5.56 Å². The van der Waals surface area contributed by atoms with Gasteiger partial charge in [0.1, 0.15) is 10.8 Å². The van der Waals surface area contributed by atoms with Gasteiger partial charge in [-0.25, -0.2) is 0 Å². The Morgan fingerprint density at radius 3 is 2.53 bits per heavy atom. The molecule has 1 N–H and O–H groups in total. The smallest absolute Gasteiger partial charge is 0.298 e. The standard InChI is InChI=1S/C11H12O2S2/c12-10(11-14-6-7-15-11)13-8-9-4-2-1-3-5-9/h1-5,12H,6-8H2. The predicted molar refractivity (Wildman–Crippen MR) is 65.8 cm³/mol. The lowest BCUT2D eigenvalue weighted by molar-refractivity contribution is 0.0832. The molecule has 0 aliphatic carbocycles. The SMILES string of the molecule is OC(OCc1ccccc1)=C1SCCS1. The molecule has 1 aliphatic rings. The molecule has 1 saturated heterocycles. The van der Waals surface area contributed by atoms with Crippen molar-refractivity contribution in [2.75, 3.05) is 11.5 Å². The van der Waals surface area contributed by atoms with Gasteiger partial charge < -0.3 is 9.84 Å². The predicted octanol–water partition coefficient (Wildman–Crippen LogP) is 3.37. The van der Waals surface area contributed by atoms with Gasteiger partial charge in [0.05, 0.1) is 0 Å². The third kappa shape index (κ3) is 3.11. The second kappa shape index (κ2) is 5.37. The summed E-state index contributed by atoms with van der Waals surface area (Å²) in [6.45, 7) is 0.428. The molecule has 80 valence electrons. The van der Waals surface area contributed by atoms with E-state index in [1.807, 2.05) is 30.3 Å². The number of hydrogen-bond acceptors (Lipinski definition) is 4. The fourth-order valence-corrected chi connectivity index (χ4v) is 3.45. The van der Waals surface area contributed by atoms with Crippen molar-refractivity contribution in [3.8, 4) is 0 Å². The van der Waals surface area contributed by atoms with E-state index in [-0.39, 0.29) is 5.95 Å². The van der Waals surface area contributed by atoms with Gasteiger partial charge in [-0.3, -0.25) is 0 Å². The van der Waals surface area contributed by atoms with E-state index >= 15 is 0 Å². The third-order valence-corrected chi connectivity index (χ3v) is 4.60. The lowest BCUT2D eigenvalue weighted by Crippen LogP contribution is -1.93. The molecular weight excluding hydrogens is 228 g/mol. The van der Waals surface area contributed by atoms with Crippen LogP contribution in [-0.2, 0) is 11.3 Å². The molecule has 15 heavy (non-hydrogen) atoms. The van der Waals surface area contributed by atoms with Gasteiger partial charge in [-0.15, -0.1) is 23.5 Å². The average molecular weight is 240 g/mol. The van der Waals surface area contributed by atoms with Crippen LogP contribution in [0.1, 0.15) is 5.56 Å². The van der Waals surface area contributed by atoms with E-state index in [0.29, 0.717) is 6.61 Å². The van der Waals surface area contributed by atoms with Crippen molar-refractivity contribution in [2.24, 2.45) is 0 Å². The van der Waals surface area contributed by atoms with Gasteiger partial charge >= 0.3 is 0 Å². The Morgan fingerprint density at radius 1 is 1.20 bits per heavy atom. The van der Waals surface area contributed by atoms with Crippen molar-refractivity contribution >= 4 is 23.5 Å². The van der Waals surface area contributed by atoms with Crippen molar-refractivity contribution < 1.29 is 9.84 Å². The van der Waals surface area contributed by atoms with Gasteiger partial charge in [0.2, 0.25) is 0 Å². The van der Waals surface area contributed by atoms with E-state index in [1.165, 1.54) is 0 Å². The largest absolute Gasteiger partial charge is 0.480 e. The van der Waals surface area contributed by atoms with Crippen molar-refractivity contribution in [3.63, 3.8) is 0 Å². The van der Waals surface area contributed by atoms with Gasteiger partial charge in [-0.2, -0.15) is 0 Å². The quantitative estimate of drug-likeness (QED) is 0.820. The van der Waals surface area contributed by atoms with E-state index in [0.717, 1.165) is 21.3 Å². The van der Waals surface area contributed by atoms with Crippen LogP contribution >= 0.6 is 23.5 Å². The highest BCUT2D eigenvalue weighted by Gasteiger charge is 2.14. The summed E-state index contributed by atoms with van der Waals surface area (Å²) in [6.07, 6.45) is 0. The summed E-state index contributed by atoms with van der Waals surface area (Å²) in [5.74, 6) is 2.18. The molecule has 1 heterocycles. The molecule has 0 unspecified atom stereocenters. The van der Waals surface area contributed by atoms with Crippen molar-refractivity contribution in [1.29, 1.82) is 0 Å². The third-order valence-electron chi connectivity index (χ3n) is 1.94. The summed E-state index contributed by atoms with van der Waals surface area (Å²) in [6, 6.07) is 9.84. The van der Waals surface area contributed by atoms with Crippen LogP contribution in [0.4, 0.5) is 0 Å². The lowest BCUT2D eigenvalue weighted by Gasteiger charge is -2.06. The highest BCUT2D eigenvalue weighted by molar-refractivity contribution is 8.25. The summed E-state index contributed by atoms with van der Waals surface area (Å²) >= 11 is 3.31. The molecule has 0 radical (unpaired) electrons. The first-order valence-corrected chi connectivity index (χ1v) is 6.69. The van der Waals surface area contributed by atoms with E-state index in [2.05, 4.69) is 0 Å².